The van der Waals surface area contributed by atoms with E-state index in [1.807, 2.05) is 13.1 Å². The average molecular weight is 260 g/mol. The smallest absolute Gasteiger partial charge is 0.328 e. The van der Waals surface area contributed by atoms with Gasteiger partial charge in [0.2, 0.25) is 0 Å². The fourth-order valence-corrected chi connectivity index (χ4v) is 1.75. The van der Waals surface area contributed by atoms with Crippen molar-refractivity contribution in [3.63, 3.8) is 0 Å². The number of aliphatic carboxylic acids is 1. The second-order valence-electron chi connectivity index (χ2n) is 4.23. The van der Waals surface area contributed by atoms with Crippen LogP contribution in [0.3, 0.4) is 0 Å². The summed E-state index contributed by atoms with van der Waals surface area (Å²) in [5.74, 6) is -1.46. The summed E-state index contributed by atoms with van der Waals surface area (Å²) in [5, 5.41) is 12.8. The topological polar surface area (TPSA) is 55.1 Å². The van der Waals surface area contributed by atoms with Gasteiger partial charge in [-0.05, 0) is 41.8 Å². The summed E-state index contributed by atoms with van der Waals surface area (Å²) in [5.41, 5.74) is 2.38. The summed E-state index contributed by atoms with van der Waals surface area (Å²) < 4.78 is 14.9. The van der Waals surface area contributed by atoms with Crippen LogP contribution in [-0.2, 0) is 11.3 Å². The van der Waals surface area contributed by atoms with Gasteiger partial charge in [-0.15, -0.1) is 0 Å². The SMILES string of the molecule is Cc1cnn(Cc2ccc(F)cc2C=CC(=O)O)c1. The molecule has 0 radical (unpaired) electrons. The minimum atomic E-state index is -1.06. The second kappa shape index (κ2) is 5.48. The molecule has 0 amide bonds. The number of hydrogen-bond donors (Lipinski definition) is 1. The van der Waals surface area contributed by atoms with Gasteiger partial charge in [0, 0.05) is 12.3 Å². The minimum absolute atomic E-state index is 0.398. The van der Waals surface area contributed by atoms with Gasteiger partial charge in [0.25, 0.3) is 0 Å². The van der Waals surface area contributed by atoms with Gasteiger partial charge in [0.05, 0.1) is 12.7 Å². The van der Waals surface area contributed by atoms with Gasteiger partial charge in [-0.1, -0.05) is 6.07 Å². The highest BCUT2D eigenvalue weighted by Gasteiger charge is 2.04. The summed E-state index contributed by atoms with van der Waals surface area (Å²) in [7, 11) is 0. The molecule has 0 bridgehead atoms. The molecule has 19 heavy (non-hydrogen) atoms. The van der Waals surface area contributed by atoms with Crippen molar-refractivity contribution in [2.75, 3.05) is 0 Å². The number of aryl methyl sites for hydroxylation is 1. The number of rotatable bonds is 4. The normalized spacial score (nSPS) is 11.1. The van der Waals surface area contributed by atoms with Crippen LogP contribution in [0, 0.1) is 12.7 Å². The van der Waals surface area contributed by atoms with Crippen LogP contribution in [0.5, 0.6) is 0 Å². The Bertz CT molecular complexity index is 632. The molecule has 0 unspecified atom stereocenters. The predicted octanol–water partition coefficient (Wildman–Crippen LogP) is 2.48. The Hall–Kier alpha value is -2.43. The first-order valence-electron chi connectivity index (χ1n) is 5.73. The molecule has 2 rings (SSSR count). The monoisotopic (exact) mass is 260 g/mol. The van der Waals surface area contributed by atoms with Crippen molar-refractivity contribution in [2.24, 2.45) is 0 Å². The average Bonchev–Trinajstić information content (AvgIpc) is 2.75. The molecule has 1 aromatic heterocycles. The van der Waals surface area contributed by atoms with Gasteiger partial charge >= 0.3 is 5.97 Å². The number of nitrogens with zero attached hydrogens (tertiary/aromatic N) is 2. The Kier molecular flexibility index (Phi) is 3.75. The Morgan fingerprint density at radius 3 is 2.95 bits per heavy atom. The molecule has 2 aromatic rings. The number of aromatic nitrogens is 2. The molecule has 1 N–H and O–H groups in total. The Balaban J connectivity index is 2.31. The summed E-state index contributed by atoms with van der Waals surface area (Å²) in [6, 6.07) is 4.29. The molecule has 0 aliphatic rings. The maximum atomic E-state index is 13.2. The molecule has 0 aliphatic carbocycles. The first kappa shape index (κ1) is 13.0. The second-order valence-corrected chi connectivity index (χ2v) is 4.23. The predicted molar refractivity (Wildman–Crippen MR) is 69.1 cm³/mol. The molecule has 0 atom stereocenters. The highest BCUT2D eigenvalue weighted by Crippen LogP contribution is 2.15. The van der Waals surface area contributed by atoms with Gasteiger partial charge in [-0.25, -0.2) is 9.18 Å². The number of benzene rings is 1. The molecule has 0 spiro atoms. The van der Waals surface area contributed by atoms with Crippen LogP contribution < -0.4 is 0 Å². The van der Waals surface area contributed by atoms with Crippen LogP contribution in [0.1, 0.15) is 16.7 Å². The van der Waals surface area contributed by atoms with E-state index in [1.54, 1.807) is 16.9 Å². The van der Waals surface area contributed by atoms with Gasteiger partial charge < -0.3 is 5.11 Å². The molecule has 0 aliphatic heterocycles. The molecular formula is C14H13FN2O2. The lowest BCUT2D eigenvalue weighted by Gasteiger charge is -2.06. The summed E-state index contributed by atoms with van der Waals surface area (Å²) in [6.45, 7) is 2.40. The first-order chi connectivity index (χ1) is 9.04. The zero-order valence-electron chi connectivity index (χ0n) is 10.4. The summed E-state index contributed by atoms with van der Waals surface area (Å²) in [4.78, 5) is 10.5. The van der Waals surface area contributed by atoms with Gasteiger partial charge in [0.1, 0.15) is 5.82 Å². The van der Waals surface area contributed by atoms with E-state index in [1.165, 1.54) is 18.2 Å². The molecular weight excluding hydrogens is 247 g/mol. The van der Waals surface area contributed by atoms with Crippen molar-refractivity contribution < 1.29 is 14.3 Å². The standard InChI is InChI=1S/C14H13FN2O2/c1-10-7-16-17(8-10)9-12-2-4-13(15)6-11(12)3-5-14(18)19/h2-8H,9H2,1H3,(H,18,19). The maximum Gasteiger partial charge on any atom is 0.328 e. The lowest BCUT2D eigenvalue weighted by molar-refractivity contribution is -0.131. The van der Waals surface area contributed by atoms with E-state index < -0.39 is 11.8 Å². The molecule has 98 valence electrons. The summed E-state index contributed by atoms with van der Waals surface area (Å²) in [6.07, 6.45) is 5.98. The van der Waals surface area contributed by atoms with Crippen molar-refractivity contribution in [3.05, 3.63) is 59.2 Å². The van der Waals surface area contributed by atoms with Gasteiger partial charge in [-0.3, -0.25) is 4.68 Å². The van der Waals surface area contributed by atoms with E-state index in [0.29, 0.717) is 12.1 Å². The molecule has 1 heterocycles. The van der Waals surface area contributed by atoms with E-state index >= 15 is 0 Å². The quantitative estimate of drug-likeness (QED) is 0.859. The maximum absolute atomic E-state index is 13.2. The fourth-order valence-electron chi connectivity index (χ4n) is 1.75. The first-order valence-corrected chi connectivity index (χ1v) is 5.73. The number of carbonyl (C=O) groups is 1. The number of carboxylic acid groups (broad SMARTS) is 1. The van der Waals surface area contributed by atoms with Crippen LogP contribution in [-0.4, -0.2) is 20.9 Å². The molecule has 5 heteroatoms. The van der Waals surface area contributed by atoms with Crippen molar-refractivity contribution in [2.45, 2.75) is 13.5 Å². The third-order valence-corrected chi connectivity index (χ3v) is 2.61. The molecule has 1 aromatic carbocycles. The zero-order chi connectivity index (χ0) is 13.8. The molecule has 4 nitrogen and oxygen atoms in total. The van der Waals surface area contributed by atoms with E-state index in [-0.39, 0.29) is 0 Å². The Morgan fingerprint density at radius 1 is 1.53 bits per heavy atom. The van der Waals surface area contributed by atoms with Crippen molar-refractivity contribution >= 4 is 12.0 Å². The van der Waals surface area contributed by atoms with Crippen molar-refractivity contribution in [1.29, 1.82) is 0 Å². The van der Waals surface area contributed by atoms with Crippen LogP contribution >= 0.6 is 0 Å². The summed E-state index contributed by atoms with van der Waals surface area (Å²) >= 11 is 0. The third kappa shape index (κ3) is 3.51. The lowest BCUT2D eigenvalue weighted by atomic mass is 10.1. The van der Waals surface area contributed by atoms with Crippen LogP contribution in [0.25, 0.3) is 6.08 Å². The zero-order valence-corrected chi connectivity index (χ0v) is 10.4. The fraction of sp³-hybridized carbons (Fsp3) is 0.143. The minimum Gasteiger partial charge on any atom is -0.478 e. The molecule has 0 saturated carbocycles. The van der Waals surface area contributed by atoms with Crippen molar-refractivity contribution in [1.82, 2.24) is 9.78 Å². The number of hydrogen-bond acceptors (Lipinski definition) is 2. The highest BCUT2D eigenvalue weighted by molar-refractivity contribution is 5.85. The highest BCUT2D eigenvalue weighted by atomic mass is 19.1. The largest absolute Gasteiger partial charge is 0.478 e. The third-order valence-electron chi connectivity index (χ3n) is 2.61. The lowest BCUT2D eigenvalue weighted by Crippen LogP contribution is -2.02. The van der Waals surface area contributed by atoms with Gasteiger partial charge in [0.15, 0.2) is 0 Å². The van der Waals surface area contributed by atoms with Crippen LogP contribution in [0.2, 0.25) is 0 Å². The molecule has 0 fully saturated rings. The van der Waals surface area contributed by atoms with Crippen LogP contribution in [0.15, 0.2) is 36.7 Å². The van der Waals surface area contributed by atoms with Crippen molar-refractivity contribution in [3.8, 4) is 0 Å². The Morgan fingerprint density at radius 2 is 2.32 bits per heavy atom. The van der Waals surface area contributed by atoms with Gasteiger partial charge in [-0.2, -0.15) is 5.10 Å². The number of carboxylic acids is 1. The van der Waals surface area contributed by atoms with E-state index in [2.05, 4.69) is 5.10 Å². The van der Waals surface area contributed by atoms with Crippen LogP contribution in [0.4, 0.5) is 4.39 Å². The Labute approximate surface area is 109 Å². The van der Waals surface area contributed by atoms with E-state index in [9.17, 15) is 9.18 Å². The van der Waals surface area contributed by atoms with E-state index in [0.717, 1.165) is 17.2 Å². The molecule has 0 saturated heterocycles. The number of halogens is 1. The van der Waals surface area contributed by atoms with E-state index in [4.69, 9.17) is 5.11 Å².